The third-order valence-corrected chi connectivity index (χ3v) is 5.28. The molecule has 10 heteroatoms. The highest BCUT2D eigenvalue weighted by Crippen LogP contribution is 2.18. The second-order valence-corrected chi connectivity index (χ2v) is 7.34. The van der Waals surface area contributed by atoms with Gasteiger partial charge in [0.2, 0.25) is 5.91 Å². The summed E-state index contributed by atoms with van der Waals surface area (Å²) in [5.74, 6) is -0.261. The molecular weight excluding hydrogens is 372 g/mol. The number of aromatic nitrogens is 6. The Balaban J connectivity index is 1.32. The van der Waals surface area contributed by atoms with Gasteiger partial charge in [0.25, 0.3) is 5.91 Å². The molecule has 0 radical (unpaired) electrons. The predicted molar refractivity (Wildman–Crippen MR) is 104 cm³/mol. The van der Waals surface area contributed by atoms with Gasteiger partial charge in [-0.05, 0) is 31.7 Å². The number of carbonyl (C=O) groups excluding carboxylic acids is 2. The number of hydrogen-bond acceptors (Lipinski definition) is 6. The van der Waals surface area contributed by atoms with Crippen LogP contribution in [0.1, 0.15) is 34.7 Å². The first-order valence-corrected chi connectivity index (χ1v) is 9.74. The van der Waals surface area contributed by atoms with Crippen LogP contribution in [0.2, 0.25) is 0 Å². The summed E-state index contributed by atoms with van der Waals surface area (Å²) in [6, 6.07) is 3.41. The number of rotatable bonds is 6. The number of likely N-dealkylation sites (N-methyl/N-ethyl adjacent to an activating group) is 2. The van der Waals surface area contributed by atoms with Crippen LogP contribution in [0.5, 0.6) is 0 Å². The zero-order valence-electron chi connectivity index (χ0n) is 16.7. The minimum Gasteiger partial charge on any atom is -0.342 e. The zero-order valence-corrected chi connectivity index (χ0v) is 16.7. The average Bonchev–Trinajstić information content (AvgIpc) is 3.35. The second kappa shape index (κ2) is 7.98. The Morgan fingerprint density at radius 1 is 1.14 bits per heavy atom. The van der Waals surface area contributed by atoms with Gasteiger partial charge < -0.3 is 9.80 Å². The molecule has 0 unspecified atom stereocenters. The fourth-order valence-electron chi connectivity index (χ4n) is 3.45. The molecule has 0 fully saturated rings. The van der Waals surface area contributed by atoms with E-state index < -0.39 is 0 Å². The van der Waals surface area contributed by atoms with E-state index in [1.165, 1.54) is 0 Å². The van der Waals surface area contributed by atoms with Crippen molar-refractivity contribution in [3.05, 3.63) is 41.6 Å². The molecule has 3 heterocycles. The molecule has 0 saturated carbocycles. The fourth-order valence-corrected chi connectivity index (χ4v) is 3.45. The first kappa shape index (κ1) is 19.0. The van der Waals surface area contributed by atoms with Crippen LogP contribution in [0.25, 0.3) is 5.65 Å². The van der Waals surface area contributed by atoms with Crippen LogP contribution in [0.15, 0.2) is 24.5 Å². The Hall–Kier alpha value is -3.30. The van der Waals surface area contributed by atoms with Gasteiger partial charge in [0.05, 0.1) is 11.4 Å². The van der Waals surface area contributed by atoms with E-state index in [1.54, 1.807) is 57.6 Å². The molecule has 1 aliphatic carbocycles. The van der Waals surface area contributed by atoms with E-state index in [-0.39, 0.29) is 18.4 Å². The van der Waals surface area contributed by atoms with Crippen LogP contribution < -0.4 is 0 Å². The molecule has 2 amide bonds. The van der Waals surface area contributed by atoms with E-state index >= 15 is 0 Å². The highest BCUT2D eigenvalue weighted by Gasteiger charge is 2.21. The first-order chi connectivity index (χ1) is 14.0. The van der Waals surface area contributed by atoms with E-state index in [9.17, 15) is 9.59 Å². The minimum atomic E-state index is -0.207. The van der Waals surface area contributed by atoms with E-state index in [0.717, 1.165) is 37.1 Å². The molecule has 29 heavy (non-hydrogen) atoms. The van der Waals surface area contributed by atoms with Crippen LogP contribution in [-0.2, 0) is 24.2 Å². The number of carbonyl (C=O) groups is 2. The smallest absolute Gasteiger partial charge is 0.274 e. The molecule has 0 aliphatic heterocycles. The summed E-state index contributed by atoms with van der Waals surface area (Å²) in [6.45, 7) is 0.996. The van der Waals surface area contributed by atoms with E-state index in [4.69, 9.17) is 0 Å². The maximum Gasteiger partial charge on any atom is 0.274 e. The minimum absolute atomic E-state index is 0.0546. The Morgan fingerprint density at radius 3 is 2.76 bits per heavy atom. The van der Waals surface area contributed by atoms with Gasteiger partial charge in [0.1, 0.15) is 6.54 Å². The van der Waals surface area contributed by atoms with Gasteiger partial charge in [-0.15, -0.1) is 5.10 Å². The topological polar surface area (TPSA) is 102 Å². The van der Waals surface area contributed by atoms with Crippen molar-refractivity contribution in [3.63, 3.8) is 0 Å². The van der Waals surface area contributed by atoms with Crippen LogP contribution >= 0.6 is 0 Å². The second-order valence-electron chi connectivity index (χ2n) is 7.34. The van der Waals surface area contributed by atoms with Crippen LogP contribution in [0.3, 0.4) is 0 Å². The van der Waals surface area contributed by atoms with Crippen LogP contribution in [0, 0.1) is 0 Å². The van der Waals surface area contributed by atoms with Crippen LogP contribution in [-0.4, -0.2) is 78.4 Å². The summed E-state index contributed by atoms with van der Waals surface area (Å²) in [7, 11) is 3.44. The average molecular weight is 396 g/mol. The molecule has 0 spiro atoms. The Morgan fingerprint density at radius 2 is 1.93 bits per heavy atom. The van der Waals surface area contributed by atoms with Crippen LogP contribution in [0.4, 0.5) is 0 Å². The van der Waals surface area contributed by atoms with Gasteiger partial charge in [-0.3, -0.25) is 9.59 Å². The Bertz CT molecular complexity index is 1010. The zero-order chi connectivity index (χ0) is 20.4. The quantitative estimate of drug-likeness (QED) is 0.599. The number of hydrogen-bond donors (Lipinski definition) is 0. The SMILES string of the molecule is CN(CCN(C)C(=O)c1cc2ncccn2n1)C(=O)Cn1nnc2c1CCCC2. The van der Waals surface area contributed by atoms with Gasteiger partial charge in [0.15, 0.2) is 11.3 Å². The standard InChI is InChI=1S/C19H24N8O2/c1-24(18(28)13-27-16-7-4-3-6-14(16)21-23-27)10-11-25(2)19(29)15-12-17-20-8-5-9-26(17)22-15/h5,8-9,12H,3-4,6-7,10-11,13H2,1-2H3. The van der Waals surface area contributed by atoms with Crippen molar-refractivity contribution in [3.8, 4) is 0 Å². The predicted octanol–water partition coefficient (Wildman–Crippen LogP) is 0.430. The Kier molecular flexibility index (Phi) is 5.24. The lowest BCUT2D eigenvalue weighted by molar-refractivity contribution is -0.130. The van der Waals surface area contributed by atoms with Crippen molar-refractivity contribution in [2.24, 2.45) is 0 Å². The molecule has 0 aromatic carbocycles. The molecule has 152 valence electrons. The number of aryl methyl sites for hydroxylation is 1. The molecule has 0 N–H and O–H groups in total. The van der Waals surface area contributed by atoms with Gasteiger partial charge in [-0.25, -0.2) is 14.2 Å². The molecule has 10 nitrogen and oxygen atoms in total. The summed E-state index contributed by atoms with van der Waals surface area (Å²) in [5, 5.41) is 12.6. The summed E-state index contributed by atoms with van der Waals surface area (Å²) < 4.78 is 3.28. The summed E-state index contributed by atoms with van der Waals surface area (Å²) in [4.78, 5) is 32.5. The highest BCUT2D eigenvalue weighted by atomic mass is 16.2. The lowest BCUT2D eigenvalue weighted by Crippen LogP contribution is -2.39. The molecule has 4 rings (SSSR count). The molecule has 3 aromatic rings. The van der Waals surface area contributed by atoms with Crippen molar-refractivity contribution in [1.82, 2.24) is 39.4 Å². The van der Waals surface area contributed by atoms with Crippen molar-refractivity contribution < 1.29 is 9.59 Å². The fraction of sp³-hybridized carbons (Fsp3) is 0.474. The van der Waals surface area contributed by atoms with E-state index in [0.29, 0.717) is 24.4 Å². The molecule has 3 aromatic heterocycles. The number of fused-ring (bicyclic) bond motifs is 2. The monoisotopic (exact) mass is 396 g/mol. The van der Waals surface area contributed by atoms with Crippen molar-refractivity contribution in [2.75, 3.05) is 27.2 Å². The van der Waals surface area contributed by atoms with Gasteiger partial charge in [-0.2, -0.15) is 5.10 Å². The third kappa shape index (κ3) is 3.96. The normalized spacial score (nSPS) is 13.3. The van der Waals surface area contributed by atoms with E-state index in [2.05, 4.69) is 20.4 Å². The van der Waals surface area contributed by atoms with Crippen molar-refractivity contribution in [2.45, 2.75) is 32.2 Å². The van der Waals surface area contributed by atoms with Gasteiger partial charge in [-0.1, -0.05) is 5.21 Å². The highest BCUT2D eigenvalue weighted by molar-refractivity contribution is 5.93. The summed E-state index contributed by atoms with van der Waals surface area (Å²) >= 11 is 0. The third-order valence-electron chi connectivity index (χ3n) is 5.28. The maximum absolute atomic E-state index is 12.6. The molecular formula is C19H24N8O2. The lowest BCUT2D eigenvalue weighted by Gasteiger charge is -2.22. The number of nitrogens with zero attached hydrogens (tertiary/aromatic N) is 8. The van der Waals surface area contributed by atoms with Gasteiger partial charge in [0, 0.05) is 45.6 Å². The van der Waals surface area contributed by atoms with Crippen molar-refractivity contribution in [1.29, 1.82) is 0 Å². The first-order valence-electron chi connectivity index (χ1n) is 9.74. The largest absolute Gasteiger partial charge is 0.342 e. The summed E-state index contributed by atoms with van der Waals surface area (Å²) in [6.07, 6.45) is 7.49. The van der Waals surface area contributed by atoms with Gasteiger partial charge >= 0.3 is 0 Å². The maximum atomic E-state index is 12.6. The Labute approximate surface area is 168 Å². The molecule has 1 aliphatic rings. The number of amides is 2. The molecule has 0 saturated heterocycles. The summed E-state index contributed by atoms with van der Waals surface area (Å²) in [5.41, 5.74) is 3.03. The van der Waals surface area contributed by atoms with E-state index in [1.807, 2.05) is 0 Å². The molecule has 0 bridgehead atoms. The lowest BCUT2D eigenvalue weighted by atomic mass is 10.0. The molecule has 0 atom stereocenters. The van der Waals surface area contributed by atoms with Crippen molar-refractivity contribution >= 4 is 17.5 Å².